The van der Waals surface area contributed by atoms with Crippen LogP contribution in [0.15, 0.2) is 12.4 Å². The van der Waals surface area contributed by atoms with Crippen molar-refractivity contribution in [3.8, 4) is 0 Å². The van der Waals surface area contributed by atoms with Gasteiger partial charge in [-0.25, -0.2) is 4.98 Å². The Morgan fingerprint density at radius 3 is 2.88 bits per heavy atom. The van der Waals surface area contributed by atoms with Crippen molar-refractivity contribution in [2.24, 2.45) is 5.73 Å². The zero-order chi connectivity index (χ0) is 12.3. The number of hydrogen-bond donors (Lipinski definition) is 3. The van der Waals surface area contributed by atoms with E-state index in [1.54, 1.807) is 11.1 Å². The number of carbonyl (C=O) groups excluding carboxylic acids is 1. The molecule has 1 aliphatic heterocycles. The second kappa shape index (κ2) is 5.29. The molecule has 4 N–H and O–H groups in total. The van der Waals surface area contributed by atoms with E-state index in [0.717, 1.165) is 18.7 Å². The SMILES string of the molecule is NC(CO)C(=O)N1CCC(c2ncc[nH]2)CC1. The van der Waals surface area contributed by atoms with Crippen LogP contribution in [0.4, 0.5) is 0 Å². The fraction of sp³-hybridized carbons (Fsp3) is 0.636. The number of H-pyrrole nitrogens is 1. The molecule has 0 aliphatic carbocycles. The van der Waals surface area contributed by atoms with Crippen molar-refractivity contribution in [1.29, 1.82) is 0 Å². The maximum absolute atomic E-state index is 11.7. The fourth-order valence-electron chi connectivity index (χ4n) is 2.19. The number of amides is 1. The Hall–Kier alpha value is -1.40. The first kappa shape index (κ1) is 12.1. The predicted octanol–water partition coefficient (Wildman–Crippen LogP) is -0.565. The van der Waals surface area contributed by atoms with Crippen molar-refractivity contribution in [3.63, 3.8) is 0 Å². The molecule has 2 heterocycles. The molecule has 1 atom stereocenters. The molecular weight excluding hydrogens is 220 g/mol. The summed E-state index contributed by atoms with van der Waals surface area (Å²) in [6, 6.07) is -0.782. The molecule has 1 unspecified atom stereocenters. The summed E-state index contributed by atoms with van der Waals surface area (Å²) in [5, 5.41) is 8.85. The van der Waals surface area contributed by atoms with Crippen LogP contribution in [0.2, 0.25) is 0 Å². The number of hydrogen-bond acceptors (Lipinski definition) is 4. The van der Waals surface area contributed by atoms with E-state index in [1.165, 1.54) is 0 Å². The van der Waals surface area contributed by atoms with Gasteiger partial charge in [-0.1, -0.05) is 0 Å². The van der Waals surface area contributed by atoms with Crippen LogP contribution in [0.5, 0.6) is 0 Å². The summed E-state index contributed by atoms with van der Waals surface area (Å²) in [7, 11) is 0. The molecule has 1 saturated heterocycles. The molecule has 0 spiro atoms. The van der Waals surface area contributed by atoms with Crippen molar-refractivity contribution in [3.05, 3.63) is 18.2 Å². The Bertz CT molecular complexity index is 358. The molecule has 1 aromatic heterocycles. The van der Waals surface area contributed by atoms with Gasteiger partial charge in [0, 0.05) is 31.4 Å². The number of nitrogens with two attached hydrogens (primary N) is 1. The van der Waals surface area contributed by atoms with Crippen LogP contribution in [0, 0.1) is 0 Å². The summed E-state index contributed by atoms with van der Waals surface area (Å²) in [6.45, 7) is 1.06. The number of rotatable bonds is 3. The van der Waals surface area contributed by atoms with Crippen molar-refractivity contribution >= 4 is 5.91 Å². The van der Waals surface area contributed by atoms with Crippen LogP contribution in [0.25, 0.3) is 0 Å². The van der Waals surface area contributed by atoms with Gasteiger partial charge in [-0.2, -0.15) is 0 Å². The lowest BCUT2D eigenvalue weighted by Gasteiger charge is -2.32. The number of carbonyl (C=O) groups is 1. The number of aliphatic hydroxyl groups is 1. The first-order valence-electron chi connectivity index (χ1n) is 5.87. The zero-order valence-electron chi connectivity index (χ0n) is 9.67. The molecule has 6 heteroatoms. The minimum atomic E-state index is -0.782. The minimum absolute atomic E-state index is 0.162. The third-order valence-electron chi connectivity index (χ3n) is 3.23. The Balaban J connectivity index is 1.88. The average molecular weight is 238 g/mol. The average Bonchev–Trinajstić information content (AvgIpc) is 2.91. The maximum Gasteiger partial charge on any atom is 0.241 e. The Kier molecular flexibility index (Phi) is 3.75. The normalized spacial score (nSPS) is 19.3. The first-order chi connectivity index (χ1) is 8.22. The maximum atomic E-state index is 11.7. The van der Waals surface area contributed by atoms with Crippen LogP contribution in [-0.2, 0) is 4.79 Å². The van der Waals surface area contributed by atoms with E-state index in [2.05, 4.69) is 9.97 Å². The van der Waals surface area contributed by atoms with E-state index < -0.39 is 6.04 Å². The zero-order valence-corrected chi connectivity index (χ0v) is 9.67. The van der Waals surface area contributed by atoms with Gasteiger partial charge in [0.2, 0.25) is 5.91 Å². The van der Waals surface area contributed by atoms with Crippen LogP contribution < -0.4 is 5.73 Å². The largest absolute Gasteiger partial charge is 0.394 e. The number of nitrogens with zero attached hydrogens (tertiary/aromatic N) is 2. The molecular formula is C11H18N4O2. The second-order valence-electron chi connectivity index (χ2n) is 4.36. The van der Waals surface area contributed by atoms with E-state index in [0.29, 0.717) is 19.0 Å². The van der Waals surface area contributed by atoms with Gasteiger partial charge >= 0.3 is 0 Å². The molecule has 1 amide bonds. The number of imidazole rings is 1. The van der Waals surface area contributed by atoms with Gasteiger partial charge in [0.25, 0.3) is 0 Å². The van der Waals surface area contributed by atoms with Gasteiger partial charge in [0.05, 0.1) is 6.61 Å². The summed E-state index contributed by atoms with van der Waals surface area (Å²) in [5.41, 5.74) is 5.52. The molecule has 0 aromatic carbocycles. The molecule has 17 heavy (non-hydrogen) atoms. The first-order valence-corrected chi connectivity index (χ1v) is 5.87. The number of likely N-dealkylation sites (tertiary alicyclic amines) is 1. The highest BCUT2D eigenvalue weighted by Crippen LogP contribution is 2.25. The monoisotopic (exact) mass is 238 g/mol. The van der Waals surface area contributed by atoms with Crippen LogP contribution in [-0.4, -0.2) is 51.6 Å². The fourth-order valence-corrected chi connectivity index (χ4v) is 2.19. The van der Waals surface area contributed by atoms with Gasteiger partial charge in [0.15, 0.2) is 0 Å². The number of aliphatic hydroxyl groups excluding tert-OH is 1. The van der Waals surface area contributed by atoms with Crippen molar-refractivity contribution in [2.45, 2.75) is 24.8 Å². The quantitative estimate of drug-likeness (QED) is 0.657. The highest BCUT2D eigenvalue weighted by atomic mass is 16.3. The van der Waals surface area contributed by atoms with Gasteiger partial charge in [-0.3, -0.25) is 4.79 Å². The molecule has 0 saturated carbocycles. The van der Waals surface area contributed by atoms with Gasteiger partial charge in [0.1, 0.15) is 11.9 Å². The van der Waals surface area contributed by atoms with E-state index >= 15 is 0 Å². The summed E-state index contributed by atoms with van der Waals surface area (Å²) in [4.78, 5) is 20.8. The third kappa shape index (κ3) is 2.65. The smallest absolute Gasteiger partial charge is 0.241 e. The highest BCUT2D eigenvalue weighted by molar-refractivity contribution is 5.81. The number of aromatic nitrogens is 2. The summed E-state index contributed by atoms with van der Waals surface area (Å²) < 4.78 is 0. The number of nitrogens with one attached hydrogen (secondary N) is 1. The van der Waals surface area contributed by atoms with E-state index in [9.17, 15) is 4.79 Å². The van der Waals surface area contributed by atoms with E-state index in [4.69, 9.17) is 10.8 Å². The van der Waals surface area contributed by atoms with Crippen molar-refractivity contribution in [1.82, 2.24) is 14.9 Å². The highest BCUT2D eigenvalue weighted by Gasteiger charge is 2.27. The Labute approximate surface area is 99.8 Å². The lowest BCUT2D eigenvalue weighted by molar-refractivity contribution is -0.134. The molecule has 94 valence electrons. The molecule has 2 rings (SSSR count). The molecule has 1 aliphatic rings. The molecule has 1 aromatic rings. The summed E-state index contributed by atoms with van der Waals surface area (Å²) >= 11 is 0. The molecule has 1 fully saturated rings. The molecule has 6 nitrogen and oxygen atoms in total. The minimum Gasteiger partial charge on any atom is -0.394 e. The van der Waals surface area contributed by atoms with Gasteiger partial charge in [-0.05, 0) is 12.8 Å². The van der Waals surface area contributed by atoms with Crippen molar-refractivity contribution < 1.29 is 9.90 Å². The molecule has 0 radical (unpaired) electrons. The van der Waals surface area contributed by atoms with Crippen LogP contribution in [0.1, 0.15) is 24.6 Å². The van der Waals surface area contributed by atoms with Crippen LogP contribution in [0.3, 0.4) is 0 Å². The predicted molar refractivity (Wildman–Crippen MR) is 62.2 cm³/mol. The number of aromatic amines is 1. The van der Waals surface area contributed by atoms with Gasteiger partial charge in [-0.15, -0.1) is 0 Å². The van der Waals surface area contributed by atoms with E-state index in [-0.39, 0.29) is 12.5 Å². The Morgan fingerprint density at radius 1 is 1.65 bits per heavy atom. The Morgan fingerprint density at radius 2 is 2.35 bits per heavy atom. The van der Waals surface area contributed by atoms with Gasteiger partial charge < -0.3 is 20.7 Å². The lowest BCUT2D eigenvalue weighted by atomic mass is 9.96. The standard InChI is InChI=1S/C11H18N4O2/c12-9(7-16)11(17)15-5-1-8(2-6-15)10-13-3-4-14-10/h3-4,8-9,16H,1-2,5-7,12H2,(H,13,14). The topological polar surface area (TPSA) is 95.2 Å². The third-order valence-corrected chi connectivity index (χ3v) is 3.23. The van der Waals surface area contributed by atoms with E-state index in [1.807, 2.05) is 6.20 Å². The molecule has 0 bridgehead atoms. The lowest BCUT2D eigenvalue weighted by Crippen LogP contribution is -2.48. The second-order valence-corrected chi connectivity index (χ2v) is 4.36. The van der Waals surface area contributed by atoms with Crippen molar-refractivity contribution in [2.75, 3.05) is 19.7 Å². The summed E-state index contributed by atoms with van der Waals surface area (Å²) in [5.74, 6) is 1.22. The summed E-state index contributed by atoms with van der Waals surface area (Å²) in [6.07, 6.45) is 5.33. The van der Waals surface area contributed by atoms with Crippen LogP contribution >= 0.6 is 0 Å². The number of piperidine rings is 1.